The molecule has 0 bridgehead atoms. The lowest BCUT2D eigenvalue weighted by Gasteiger charge is -2.42. The molecule has 0 amide bonds. The van der Waals surface area contributed by atoms with Crippen LogP contribution < -0.4 is 15.5 Å². The van der Waals surface area contributed by atoms with Gasteiger partial charge in [-0.3, -0.25) is 0 Å². The summed E-state index contributed by atoms with van der Waals surface area (Å²) in [6.07, 6.45) is -0.734. The number of fused-ring (bicyclic) bond motifs is 1. The van der Waals surface area contributed by atoms with Crippen molar-refractivity contribution in [3.8, 4) is 0 Å². The highest BCUT2D eigenvalue weighted by Gasteiger charge is 2.34. The number of hydrogen-bond donors (Lipinski definition) is 1. The van der Waals surface area contributed by atoms with Crippen molar-refractivity contribution >= 4 is 17.2 Å². The van der Waals surface area contributed by atoms with Gasteiger partial charge >= 0.3 is 6.18 Å². The molecule has 2 N–H and O–H groups in total. The van der Waals surface area contributed by atoms with Gasteiger partial charge in [-0.15, -0.1) is 0 Å². The SMILES string of the molecule is C[C@@H]1CCc2ncnc(N3CCN(c4ccc(C(F)(F)F)[c]c4N)C[C@@H]3C)c21. The molecule has 1 fully saturated rings. The molecule has 149 valence electrons. The number of piperazine rings is 1. The number of nitrogen functional groups attached to an aromatic ring is 1. The number of anilines is 3. The summed E-state index contributed by atoms with van der Waals surface area (Å²) < 4.78 is 38.6. The van der Waals surface area contributed by atoms with Gasteiger partial charge in [0, 0.05) is 43.0 Å². The average molecular weight is 390 g/mol. The summed E-state index contributed by atoms with van der Waals surface area (Å²) >= 11 is 0. The Morgan fingerprint density at radius 2 is 1.96 bits per heavy atom. The van der Waals surface area contributed by atoms with Crippen LogP contribution in [0.4, 0.5) is 30.4 Å². The van der Waals surface area contributed by atoms with E-state index >= 15 is 0 Å². The molecule has 5 nitrogen and oxygen atoms in total. The number of hydrogen-bond acceptors (Lipinski definition) is 5. The van der Waals surface area contributed by atoms with E-state index in [2.05, 4.69) is 34.8 Å². The second-order valence-corrected chi connectivity index (χ2v) is 7.65. The van der Waals surface area contributed by atoms with Crippen LogP contribution in [0.5, 0.6) is 0 Å². The van der Waals surface area contributed by atoms with E-state index < -0.39 is 11.7 Å². The molecule has 2 aliphatic rings. The second-order valence-electron chi connectivity index (χ2n) is 7.65. The lowest BCUT2D eigenvalue weighted by Crippen LogP contribution is -2.53. The molecule has 1 aromatic carbocycles. The van der Waals surface area contributed by atoms with Gasteiger partial charge < -0.3 is 15.5 Å². The minimum atomic E-state index is -4.44. The lowest BCUT2D eigenvalue weighted by molar-refractivity contribution is -0.137. The Balaban J connectivity index is 1.55. The Morgan fingerprint density at radius 3 is 2.64 bits per heavy atom. The molecule has 28 heavy (non-hydrogen) atoms. The highest BCUT2D eigenvalue weighted by Crippen LogP contribution is 2.39. The summed E-state index contributed by atoms with van der Waals surface area (Å²) in [5.41, 5.74) is 8.07. The zero-order valence-electron chi connectivity index (χ0n) is 15.9. The number of alkyl halides is 3. The Morgan fingerprint density at radius 1 is 1.18 bits per heavy atom. The first-order valence-corrected chi connectivity index (χ1v) is 9.50. The number of aryl methyl sites for hydroxylation is 1. The van der Waals surface area contributed by atoms with Gasteiger partial charge in [-0.1, -0.05) is 6.92 Å². The molecule has 1 radical (unpaired) electrons. The third kappa shape index (κ3) is 3.25. The Labute approximate surface area is 162 Å². The van der Waals surface area contributed by atoms with Gasteiger partial charge in [-0.25, -0.2) is 9.97 Å². The maximum Gasteiger partial charge on any atom is 0.417 e. The third-order valence-corrected chi connectivity index (χ3v) is 5.75. The number of nitrogens with two attached hydrogens (primary N) is 1. The van der Waals surface area contributed by atoms with Crippen LogP contribution in [0.3, 0.4) is 0 Å². The molecule has 8 heteroatoms. The van der Waals surface area contributed by atoms with Crippen LogP contribution in [-0.2, 0) is 12.6 Å². The van der Waals surface area contributed by atoms with E-state index in [1.807, 2.05) is 4.90 Å². The lowest BCUT2D eigenvalue weighted by atomic mass is 10.0. The Hall–Kier alpha value is -2.51. The number of benzene rings is 1. The predicted molar refractivity (Wildman–Crippen MR) is 102 cm³/mol. The topological polar surface area (TPSA) is 58.3 Å². The maximum absolute atomic E-state index is 12.9. The largest absolute Gasteiger partial charge is 0.417 e. The van der Waals surface area contributed by atoms with Crippen LogP contribution >= 0.6 is 0 Å². The van der Waals surface area contributed by atoms with Crippen LogP contribution in [0.2, 0.25) is 0 Å². The smallest absolute Gasteiger partial charge is 0.397 e. The first-order valence-electron chi connectivity index (χ1n) is 9.50. The highest BCUT2D eigenvalue weighted by molar-refractivity contribution is 5.69. The van der Waals surface area contributed by atoms with Gasteiger partial charge in [0.25, 0.3) is 0 Å². The normalized spacial score (nSPS) is 22.5. The Bertz CT molecular complexity index is 883. The van der Waals surface area contributed by atoms with Crippen molar-refractivity contribution < 1.29 is 13.2 Å². The second kappa shape index (κ2) is 6.83. The van der Waals surface area contributed by atoms with Crippen molar-refractivity contribution in [3.63, 3.8) is 0 Å². The fourth-order valence-electron chi connectivity index (χ4n) is 4.29. The van der Waals surface area contributed by atoms with E-state index in [1.165, 1.54) is 11.6 Å². The van der Waals surface area contributed by atoms with E-state index in [9.17, 15) is 13.2 Å². The van der Waals surface area contributed by atoms with Crippen molar-refractivity contribution in [2.45, 2.75) is 44.8 Å². The van der Waals surface area contributed by atoms with Crippen LogP contribution in [0.25, 0.3) is 0 Å². The molecule has 1 aliphatic heterocycles. The first kappa shape index (κ1) is 18.8. The summed E-state index contributed by atoms with van der Waals surface area (Å²) in [5, 5.41) is 0. The molecule has 0 unspecified atom stereocenters. The molecular formula is C20H23F3N5. The van der Waals surface area contributed by atoms with E-state index in [4.69, 9.17) is 5.73 Å². The van der Waals surface area contributed by atoms with Crippen LogP contribution in [0.15, 0.2) is 18.5 Å². The summed E-state index contributed by atoms with van der Waals surface area (Å²) in [5.74, 6) is 1.44. The van der Waals surface area contributed by atoms with Crippen molar-refractivity contribution in [2.24, 2.45) is 0 Å². The van der Waals surface area contributed by atoms with Gasteiger partial charge in [-0.05, 0) is 37.8 Å². The van der Waals surface area contributed by atoms with Gasteiger partial charge in [0.05, 0.1) is 16.9 Å². The van der Waals surface area contributed by atoms with E-state index in [-0.39, 0.29) is 11.7 Å². The zero-order chi connectivity index (χ0) is 20.1. The number of aromatic nitrogens is 2. The van der Waals surface area contributed by atoms with E-state index in [1.54, 1.807) is 6.33 Å². The first-order chi connectivity index (χ1) is 13.3. The van der Waals surface area contributed by atoms with Crippen molar-refractivity contribution in [1.29, 1.82) is 0 Å². The van der Waals surface area contributed by atoms with Crippen molar-refractivity contribution in [2.75, 3.05) is 35.2 Å². The van der Waals surface area contributed by atoms with Crippen molar-refractivity contribution in [1.82, 2.24) is 9.97 Å². The molecule has 1 saturated heterocycles. The van der Waals surface area contributed by atoms with Crippen LogP contribution in [0.1, 0.15) is 43.0 Å². The van der Waals surface area contributed by atoms with E-state index in [0.29, 0.717) is 24.7 Å². The maximum atomic E-state index is 12.9. The van der Waals surface area contributed by atoms with Crippen molar-refractivity contribution in [3.05, 3.63) is 41.3 Å². The third-order valence-electron chi connectivity index (χ3n) is 5.75. The fourth-order valence-corrected chi connectivity index (χ4v) is 4.29. The van der Waals surface area contributed by atoms with Gasteiger partial charge in [0.1, 0.15) is 12.1 Å². The molecule has 4 rings (SSSR count). The fraction of sp³-hybridized carbons (Fsp3) is 0.500. The average Bonchev–Trinajstić information content (AvgIpc) is 3.02. The standard InChI is InChI=1S/C20H23F3N5/c1-12-3-5-16-18(12)19(26-11-25-16)28-8-7-27(10-13(28)2)17-6-4-14(9-15(17)24)20(21,22)23/h4,6,11-13H,3,5,7-8,10,24H2,1-2H3/t12-,13+/m1/s1. The number of nitrogens with zero attached hydrogens (tertiary/aromatic N) is 4. The zero-order valence-corrected chi connectivity index (χ0v) is 15.9. The molecular weight excluding hydrogens is 367 g/mol. The quantitative estimate of drug-likeness (QED) is 0.794. The monoisotopic (exact) mass is 390 g/mol. The predicted octanol–water partition coefficient (Wildman–Crippen LogP) is 3.64. The van der Waals surface area contributed by atoms with Crippen LogP contribution in [-0.4, -0.2) is 35.6 Å². The molecule has 2 heterocycles. The molecule has 0 spiro atoms. The summed E-state index contributed by atoms with van der Waals surface area (Å²) in [6.45, 7) is 6.33. The number of halogens is 3. The number of rotatable bonds is 2. The molecule has 0 saturated carbocycles. The van der Waals surface area contributed by atoms with Gasteiger partial charge in [0.2, 0.25) is 0 Å². The molecule has 2 atom stereocenters. The minimum absolute atomic E-state index is 0.0343. The summed E-state index contributed by atoms with van der Waals surface area (Å²) in [6, 6.07) is 4.92. The molecule has 2 aromatic rings. The molecule has 1 aromatic heterocycles. The minimum Gasteiger partial charge on any atom is -0.397 e. The summed E-state index contributed by atoms with van der Waals surface area (Å²) in [7, 11) is 0. The van der Waals surface area contributed by atoms with E-state index in [0.717, 1.165) is 37.0 Å². The molecule has 1 aliphatic carbocycles. The van der Waals surface area contributed by atoms with Crippen LogP contribution in [0, 0.1) is 6.07 Å². The van der Waals surface area contributed by atoms with Gasteiger partial charge in [-0.2, -0.15) is 13.2 Å². The highest BCUT2D eigenvalue weighted by atomic mass is 19.4. The summed E-state index contributed by atoms with van der Waals surface area (Å²) in [4.78, 5) is 13.3. The van der Waals surface area contributed by atoms with Gasteiger partial charge in [0.15, 0.2) is 0 Å². The Kier molecular flexibility index (Phi) is 4.59.